The SMILES string of the molecule is c1ccc(CSc2n(Cc3ccccc3)cc[n+]2Cc2ccccc2)cc1. The summed E-state index contributed by atoms with van der Waals surface area (Å²) in [5.74, 6) is 0.967. The zero-order valence-electron chi connectivity index (χ0n) is 15.2. The summed E-state index contributed by atoms with van der Waals surface area (Å²) in [6.45, 7) is 1.78. The molecule has 4 aromatic rings. The van der Waals surface area contributed by atoms with E-state index in [1.165, 1.54) is 21.8 Å². The molecule has 0 atom stereocenters. The van der Waals surface area contributed by atoms with Gasteiger partial charge >= 0.3 is 5.16 Å². The molecule has 1 aromatic heterocycles. The molecular weight excluding hydrogens is 348 g/mol. The molecule has 0 aliphatic carbocycles. The zero-order chi connectivity index (χ0) is 18.3. The molecule has 0 radical (unpaired) electrons. The lowest BCUT2D eigenvalue weighted by Crippen LogP contribution is -2.35. The van der Waals surface area contributed by atoms with E-state index in [1.54, 1.807) is 0 Å². The van der Waals surface area contributed by atoms with Crippen molar-refractivity contribution in [1.82, 2.24) is 4.57 Å². The van der Waals surface area contributed by atoms with E-state index >= 15 is 0 Å². The van der Waals surface area contributed by atoms with Crippen molar-refractivity contribution in [3.8, 4) is 0 Å². The number of hydrogen-bond donors (Lipinski definition) is 0. The lowest BCUT2D eigenvalue weighted by Gasteiger charge is -2.06. The van der Waals surface area contributed by atoms with Gasteiger partial charge in [0.2, 0.25) is 0 Å². The van der Waals surface area contributed by atoms with Crippen LogP contribution in [0.1, 0.15) is 16.7 Å². The van der Waals surface area contributed by atoms with Crippen molar-refractivity contribution in [2.24, 2.45) is 0 Å². The number of aromatic nitrogens is 2. The third-order valence-electron chi connectivity index (χ3n) is 4.52. The van der Waals surface area contributed by atoms with E-state index < -0.39 is 0 Å². The minimum Gasteiger partial charge on any atom is -0.220 e. The van der Waals surface area contributed by atoms with Crippen LogP contribution >= 0.6 is 11.8 Å². The van der Waals surface area contributed by atoms with Gasteiger partial charge in [0.25, 0.3) is 0 Å². The first-order valence-corrected chi connectivity index (χ1v) is 10.2. The number of benzene rings is 3. The standard InChI is InChI=1S/C24H23N2S/c1-4-10-21(11-5-1)18-25-16-17-26(19-22-12-6-2-7-13-22)24(25)27-20-23-14-8-3-9-15-23/h1-17H,18-20H2/q+1. The molecule has 3 heteroatoms. The first-order valence-electron chi connectivity index (χ1n) is 9.21. The number of thioether (sulfide) groups is 1. The van der Waals surface area contributed by atoms with Crippen LogP contribution in [0.25, 0.3) is 0 Å². The van der Waals surface area contributed by atoms with E-state index in [-0.39, 0.29) is 0 Å². The molecule has 134 valence electrons. The number of imidazole rings is 1. The quantitative estimate of drug-likeness (QED) is 0.322. The zero-order valence-corrected chi connectivity index (χ0v) is 16.1. The fourth-order valence-corrected chi connectivity index (χ4v) is 4.21. The summed E-state index contributed by atoms with van der Waals surface area (Å²) in [4.78, 5) is 0. The summed E-state index contributed by atoms with van der Waals surface area (Å²) >= 11 is 1.90. The molecule has 0 unspecified atom stereocenters. The van der Waals surface area contributed by atoms with Gasteiger partial charge in [-0.05, 0) is 28.5 Å². The average molecular weight is 372 g/mol. The molecule has 2 nitrogen and oxygen atoms in total. The van der Waals surface area contributed by atoms with Crippen LogP contribution in [0.2, 0.25) is 0 Å². The maximum absolute atomic E-state index is 2.35. The van der Waals surface area contributed by atoms with Crippen LogP contribution in [0.3, 0.4) is 0 Å². The first-order chi connectivity index (χ1) is 13.4. The van der Waals surface area contributed by atoms with Crippen LogP contribution in [0.5, 0.6) is 0 Å². The van der Waals surface area contributed by atoms with Gasteiger partial charge in [-0.1, -0.05) is 91.0 Å². The van der Waals surface area contributed by atoms with E-state index in [1.807, 2.05) is 11.8 Å². The van der Waals surface area contributed by atoms with Gasteiger partial charge in [0, 0.05) is 5.75 Å². The van der Waals surface area contributed by atoms with Crippen LogP contribution in [-0.2, 0) is 18.8 Å². The Morgan fingerprint density at radius 1 is 0.667 bits per heavy atom. The lowest BCUT2D eigenvalue weighted by atomic mass is 10.2. The van der Waals surface area contributed by atoms with Gasteiger partial charge in [-0.15, -0.1) is 0 Å². The van der Waals surface area contributed by atoms with Crippen molar-refractivity contribution >= 4 is 11.8 Å². The Labute approximate surface area is 165 Å². The fourth-order valence-electron chi connectivity index (χ4n) is 3.14. The Morgan fingerprint density at radius 3 is 1.85 bits per heavy atom. The summed E-state index contributed by atoms with van der Waals surface area (Å²) in [6, 6.07) is 32.0. The molecule has 3 aromatic carbocycles. The summed E-state index contributed by atoms with van der Waals surface area (Å²) in [6.07, 6.45) is 4.40. The van der Waals surface area contributed by atoms with Gasteiger partial charge in [-0.25, -0.2) is 9.13 Å². The van der Waals surface area contributed by atoms with Gasteiger partial charge in [0.05, 0.1) is 0 Å². The highest BCUT2D eigenvalue weighted by molar-refractivity contribution is 7.98. The van der Waals surface area contributed by atoms with Crippen molar-refractivity contribution in [3.05, 3.63) is 120 Å². The molecule has 1 heterocycles. The minimum absolute atomic E-state index is 0.889. The number of nitrogens with zero attached hydrogens (tertiary/aromatic N) is 2. The Hall–Kier alpha value is -2.78. The Morgan fingerprint density at radius 2 is 1.22 bits per heavy atom. The normalized spacial score (nSPS) is 10.8. The molecule has 27 heavy (non-hydrogen) atoms. The second-order valence-corrected chi connectivity index (χ2v) is 7.52. The van der Waals surface area contributed by atoms with Crippen LogP contribution in [0, 0.1) is 0 Å². The molecule has 0 aliphatic rings. The van der Waals surface area contributed by atoms with E-state index in [0.29, 0.717) is 0 Å². The predicted octanol–water partition coefficient (Wildman–Crippen LogP) is 5.16. The maximum Gasteiger partial charge on any atom is 0.318 e. The van der Waals surface area contributed by atoms with Crippen molar-refractivity contribution in [2.75, 3.05) is 0 Å². The third kappa shape index (κ3) is 4.69. The molecule has 0 saturated carbocycles. The van der Waals surface area contributed by atoms with Crippen molar-refractivity contribution in [3.63, 3.8) is 0 Å². The van der Waals surface area contributed by atoms with Gasteiger partial charge in [0.15, 0.2) is 0 Å². The Kier molecular flexibility index (Phi) is 5.70. The molecular formula is C24H23N2S+. The monoisotopic (exact) mass is 371 g/mol. The van der Waals surface area contributed by atoms with Crippen LogP contribution in [-0.4, -0.2) is 4.57 Å². The Bertz CT molecular complexity index is 904. The molecule has 4 rings (SSSR count). The van der Waals surface area contributed by atoms with E-state index in [9.17, 15) is 0 Å². The highest BCUT2D eigenvalue weighted by Gasteiger charge is 2.18. The second-order valence-electron chi connectivity index (χ2n) is 6.58. The van der Waals surface area contributed by atoms with E-state index in [0.717, 1.165) is 18.8 Å². The molecule has 0 fully saturated rings. The van der Waals surface area contributed by atoms with Crippen LogP contribution < -0.4 is 4.57 Å². The second kappa shape index (κ2) is 8.74. The minimum atomic E-state index is 0.889. The van der Waals surface area contributed by atoms with Crippen molar-refractivity contribution < 1.29 is 4.57 Å². The smallest absolute Gasteiger partial charge is 0.220 e. The predicted molar refractivity (Wildman–Crippen MR) is 112 cm³/mol. The maximum atomic E-state index is 2.35. The third-order valence-corrected chi connectivity index (χ3v) is 5.73. The lowest BCUT2D eigenvalue weighted by molar-refractivity contribution is -0.725. The molecule has 0 amide bonds. The molecule has 0 bridgehead atoms. The summed E-state index contributed by atoms with van der Waals surface area (Å²) in [5.41, 5.74) is 3.99. The molecule has 0 N–H and O–H groups in total. The highest BCUT2D eigenvalue weighted by Crippen LogP contribution is 2.21. The topological polar surface area (TPSA) is 8.81 Å². The van der Waals surface area contributed by atoms with Crippen LogP contribution in [0.15, 0.2) is 109 Å². The summed E-state index contributed by atoms with van der Waals surface area (Å²) in [5, 5.41) is 1.28. The van der Waals surface area contributed by atoms with E-state index in [2.05, 4.69) is 113 Å². The van der Waals surface area contributed by atoms with Gasteiger partial charge in [-0.2, -0.15) is 0 Å². The van der Waals surface area contributed by atoms with Gasteiger partial charge in [-0.3, -0.25) is 0 Å². The number of rotatable bonds is 7. The molecule has 0 saturated heterocycles. The van der Waals surface area contributed by atoms with Crippen molar-refractivity contribution in [2.45, 2.75) is 24.0 Å². The van der Waals surface area contributed by atoms with Gasteiger partial charge in [0.1, 0.15) is 25.5 Å². The largest absolute Gasteiger partial charge is 0.318 e. The Balaban J connectivity index is 1.60. The molecule has 0 spiro atoms. The molecule has 0 aliphatic heterocycles. The summed E-state index contributed by atoms with van der Waals surface area (Å²) in [7, 11) is 0. The summed E-state index contributed by atoms with van der Waals surface area (Å²) < 4.78 is 4.71. The first kappa shape index (κ1) is 17.6. The average Bonchev–Trinajstić information content (AvgIpc) is 3.10. The highest BCUT2D eigenvalue weighted by atomic mass is 32.2. The van der Waals surface area contributed by atoms with Crippen molar-refractivity contribution in [1.29, 1.82) is 0 Å². The van der Waals surface area contributed by atoms with E-state index in [4.69, 9.17) is 0 Å². The fraction of sp³-hybridized carbons (Fsp3) is 0.125. The number of hydrogen-bond acceptors (Lipinski definition) is 1. The van der Waals surface area contributed by atoms with Crippen LogP contribution in [0.4, 0.5) is 0 Å². The van der Waals surface area contributed by atoms with Gasteiger partial charge < -0.3 is 0 Å².